The molecule has 0 radical (unpaired) electrons. The van der Waals surface area contributed by atoms with E-state index < -0.39 is 0 Å². The second-order valence-electron chi connectivity index (χ2n) is 6.49. The number of aliphatic imine (C=N–C) groups is 1. The summed E-state index contributed by atoms with van der Waals surface area (Å²) in [6.45, 7) is 0. The Hall–Kier alpha value is -3.53. The van der Waals surface area contributed by atoms with Gasteiger partial charge in [-0.25, -0.2) is 15.0 Å². The molecule has 0 spiro atoms. The van der Waals surface area contributed by atoms with Crippen LogP contribution in [0.15, 0.2) is 96.1 Å². The molecule has 4 heteroatoms. The van der Waals surface area contributed by atoms with E-state index in [9.17, 15) is 0 Å². The Kier molecular flexibility index (Phi) is 3.87. The Morgan fingerprint density at radius 1 is 0.704 bits per heavy atom. The van der Waals surface area contributed by atoms with E-state index >= 15 is 0 Å². The van der Waals surface area contributed by atoms with Gasteiger partial charge in [0.2, 0.25) is 5.90 Å². The predicted molar refractivity (Wildman–Crippen MR) is 106 cm³/mol. The van der Waals surface area contributed by atoms with Gasteiger partial charge in [-0.05, 0) is 35.4 Å². The van der Waals surface area contributed by atoms with Crippen LogP contribution in [-0.4, -0.2) is 15.9 Å². The molecule has 27 heavy (non-hydrogen) atoms. The summed E-state index contributed by atoms with van der Waals surface area (Å²) >= 11 is 0. The first-order valence-corrected chi connectivity index (χ1v) is 8.95. The lowest BCUT2D eigenvalue weighted by molar-refractivity contribution is 0.196. The maximum atomic E-state index is 6.31. The van der Waals surface area contributed by atoms with E-state index in [4.69, 9.17) is 9.73 Å². The zero-order valence-corrected chi connectivity index (χ0v) is 14.6. The van der Waals surface area contributed by atoms with Gasteiger partial charge < -0.3 is 4.74 Å². The van der Waals surface area contributed by atoms with Crippen LogP contribution in [0.5, 0.6) is 0 Å². The number of rotatable bonds is 3. The summed E-state index contributed by atoms with van der Waals surface area (Å²) in [4.78, 5) is 13.9. The van der Waals surface area contributed by atoms with Gasteiger partial charge in [0.05, 0.1) is 0 Å². The number of pyridine rings is 2. The molecule has 0 saturated carbocycles. The molecular formula is C23H17N3O. The van der Waals surface area contributed by atoms with Crippen LogP contribution in [0.3, 0.4) is 0 Å². The minimum atomic E-state index is -0.176. The molecule has 4 aromatic rings. The molecule has 0 aliphatic carbocycles. The van der Waals surface area contributed by atoms with Gasteiger partial charge in [-0.15, -0.1) is 0 Å². The molecule has 2 aromatic carbocycles. The highest BCUT2D eigenvalue weighted by Gasteiger charge is 2.34. The van der Waals surface area contributed by atoms with Crippen LogP contribution in [0.1, 0.15) is 29.0 Å². The van der Waals surface area contributed by atoms with Crippen molar-refractivity contribution in [1.82, 2.24) is 9.97 Å². The molecule has 0 amide bonds. The largest absolute Gasteiger partial charge is 0.465 e. The number of hydrogen-bond acceptors (Lipinski definition) is 4. The van der Waals surface area contributed by atoms with Crippen molar-refractivity contribution >= 4 is 16.9 Å². The highest BCUT2D eigenvalue weighted by molar-refractivity contribution is 5.95. The third-order valence-corrected chi connectivity index (χ3v) is 4.73. The first-order chi connectivity index (χ1) is 13.4. The van der Waals surface area contributed by atoms with Gasteiger partial charge in [-0.2, -0.15) is 0 Å². The normalized spacial score (nSPS) is 18.9. The van der Waals surface area contributed by atoms with E-state index in [1.807, 2.05) is 60.7 Å². The molecule has 0 unspecified atom stereocenters. The first kappa shape index (κ1) is 15.7. The number of fused-ring (bicyclic) bond motifs is 1. The van der Waals surface area contributed by atoms with Gasteiger partial charge in [0.15, 0.2) is 11.8 Å². The maximum absolute atomic E-state index is 6.31. The lowest BCUT2D eigenvalue weighted by Crippen LogP contribution is -2.10. The summed E-state index contributed by atoms with van der Waals surface area (Å²) in [5.74, 6) is 0.560. The minimum Gasteiger partial charge on any atom is -0.465 e. The van der Waals surface area contributed by atoms with E-state index in [1.165, 1.54) is 0 Å². The van der Waals surface area contributed by atoms with Gasteiger partial charge in [0.1, 0.15) is 11.7 Å². The second-order valence-corrected chi connectivity index (χ2v) is 6.49. The van der Waals surface area contributed by atoms with Crippen molar-refractivity contribution in [2.24, 2.45) is 4.99 Å². The van der Waals surface area contributed by atoms with E-state index in [0.717, 1.165) is 16.5 Å². The molecular weight excluding hydrogens is 334 g/mol. The Morgan fingerprint density at radius 3 is 2.22 bits per heavy atom. The number of ether oxygens (including phenoxy) is 1. The van der Waals surface area contributed by atoms with Crippen molar-refractivity contribution in [2.45, 2.75) is 12.1 Å². The molecule has 3 heterocycles. The van der Waals surface area contributed by atoms with Crippen molar-refractivity contribution in [3.63, 3.8) is 0 Å². The summed E-state index contributed by atoms with van der Waals surface area (Å²) in [5.41, 5.74) is 3.63. The molecule has 0 saturated heterocycles. The summed E-state index contributed by atoms with van der Waals surface area (Å²) in [6.07, 6.45) is 1.57. The number of nitrogens with zero attached hydrogens (tertiary/aromatic N) is 3. The molecule has 2 aromatic heterocycles. The predicted octanol–water partition coefficient (Wildman–Crippen LogP) is 4.89. The van der Waals surface area contributed by atoms with Crippen LogP contribution < -0.4 is 0 Å². The lowest BCUT2D eigenvalue weighted by Gasteiger charge is -2.18. The van der Waals surface area contributed by atoms with Gasteiger partial charge in [0, 0.05) is 11.6 Å². The summed E-state index contributed by atoms with van der Waals surface area (Å²) in [6, 6.07) is 28.2. The molecule has 5 rings (SSSR count). The van der Waals surface area contributed by atoms with Crippen molar-refractivity contribution in [3.05, 3.63) is 108 Å². The number of hydrogen-bond donors (Lipinski definition) is 0. The van der Waals surface area contributed by atoms with Crippen molar-refractivity contribution < 1.29 is 4.74 Å². The Labute approximate surface area is 157 Å². The van der Waals surface area contributed by atoms with Crippen LogP contribution in [0.2, 0.25) is 0 Å². The maximum Gasteiger partial charge on any atom is 0.236 e. The zero-order chi connectivity index (χ0) is 18.1. The van der Waals surface area contributed by atoms with Gasteiger partial charge in [-0.1, -0.05) is 60.7 Å². The fraction of sp³-hybridized carbons (Fsp3) is 0.0870. The van der Waals surface area contributed by atoms with Crippen molar-refractivity contribution in [1.29, 1.82) is 0 Å². The molecule has 1 aliphatic rings. The van der Waals surface area contributed by atoms with E-state index in [1.54, 1.807) is 6.20 Å². The monoisotopic (exact) mass is 351 g/mol. The van der Waals surface area contributed by atoms with Crippen molar-refractivity contribution in [2.75, 3.05) is 0 Å². The second kappa shape index (κ2) is 6.65. The summed E-state index contributed by atoms with van der Waals surface area (Å²) in [7, 11) is 0. The molecule has 130 valence electrons. The fourth-order valence-electron chi connectivity index (χ4n) is 3.40. The first-order valence-electron chi connectivity index (χ1n) is 8.95. The highest BCUT2D eigenvalue weighted by atomic mass is 16.5. The highest BCUT2D eigenvalue weighted by Crippen LogP contribution is 2.40. The molecule has 1 aliphatic heterocycles. The van der Waals surface area contributed by atoms with E-state index in [2.05, 4.69) is 34.2 Å². The van der Waals surface area contributed by atoms with Crippen LogP contribution in [0, 0.1) is 0 Å². The van der Waals surface area contributed by atoms with Crippen molar-refractivity contribution in [3.8, 4) is 0 Å². The Bertz CT molecular complexity index is 1110. The van der Waals surface area contributed by atoms with Crippen LogP contribution in [0.25, 0.3) is 11.0 Å². The molecule has 4 nitrogen and oxygen atoms in total. The van der Waals surface area contributed by atoms with E-state index in [0.29, 0.717) is 17.2 Å². The Balaban J connectivity index is 1.58. The lowest BCUT2D eigenvalue weighted by atomic mass is 9.97. The average molecular weight is 351 g/mol. The summed E-state index contributed by atoms with van der Waals surface area (Å²) in [5, 5.41) is 0.999. The van der Waals surface area contributed by atoms with Gasteiger partial charge in [0.25, 0.3) is 0 Å². The van der Waals surface area contributed by atoms with Gasteiger partial charge >= 0.3 is 0 Å². The number of aromatic nitrogens is 2. The van der Waals surface area contributed by atoms with Gasteiger partial charge in [-0.3, -0.25) is 0 Å². The van der Waals surface area contributed by atoms with Crippen LogP contribution >= 0.6 is 0 Å². The number of benzene rings is 2. The quantitative estimate of drug-likeness (QED) is 0.528. The SMILES string of the molecule is c1ccc([C@H]2N=C(c3ccc4cccnc4n3)O[C@@H]2c2ccccc2)cc1. The van der Waals surface area contributed by atoms with Crippen LogP contribution in [-0.2, 0) is 4.74 Å². The standard InChI is InChI=1S/C23H17N3O/c1-3-8-16(9-4-1)20-21(17-10-5-2-6-11-17)27-23(26-20)19-14-13-18-12-7-15-24-22(18)25-19/h1-15,20-21H/t20-,21-/m1/s1. The fourth-order valence-corrected chi connectivity index (χ4v) is 3.40. The molecule has 0 N–H and O–H groups in total. The smallest absolute Gasteiger partial charge is 0.236 e. The van der Waals surface area contributed by atoms with E-state index in [-0.39, 0.29) is 12.1 Å². The average Bonchev–Trinajstić information content (AvgIpc) is 3.20. The molecule has 2 atom stereocenters. The molecule has 0 fully saturated rings. The zero-order valence-electron chi connectivity index (χ0n) is 14.6. The Morgan fingerprint density at radius 2 is 1.44 bits per heavy atom. The summed E-state index contributed by atoms with van der Waals surface area (Å²) < 4.78 is 6.31. The third-order valence-electron chi connectivity index (χ3n) is 4.73. The topological polar surface area (TPSA) is 47.4 Å². The third kappa shape index (κ3) is 2.95. The minimum absolute atomic E-state index is 0.107. The van der Waals surface area contributed by atoms with Crippen LogP contribution in [0.4, 0.5) is 0 Å². The molecule has 0 bridgehead atoms.